The van der Waals surface area contributed by atoms with Crippen LogP contribution in [0.3, 0.4) is 0 Å². The van der Waals surface area contributed by atoms with Gasteiger partial charge in [0, 0.05) is 0 Å². The number of hydrogen-bond donors (Lipinski definition) is 0. The molecule has 0 amide bonds. The van der Waals surface area contributed by atoms with E-state index in [2.05, 4.69) is 18.8 Å². The molecule has 0 rings (SSSR count). The average Bonchev–Trinajstić information content (AvgIpc) is 1.66. The van der Waals surface area contributed by atoms with Gasteiger partial charge in [-0.1, -0.05) is 13.8 Å². The molecule has 0 unspecified atom stereocenters. The first kappa shape index (κ1) is 7.38. The van der Waals surface area contributed by atoms with Crippen LogP contribution in [0.15, 0.2) is 4.99 Å². The molecule has 0 spiro atoms. The Bertz CT molecular complexity index is 92.7. The molecule has 0 aromatic carbocycles. The number of carbonyl (C=O) groups excluding carboxylic acids is 1. The van der Waals surface area contributed by atoms with Gasteiger partial charge in [-0.05, 0) is 12.3 Å². The number of hydrogen-bond acceptors (Lipinski definition) is 2. The van der Waals surface area contributed by atoms with E-state index < -0.39 is 0 Å². The molecule has 0 heterocycles. The number of rotatable bonds is 3. The van der Waals surface area contributed by atoms with Crippen LogP contribution in [0.2, 0.25) is 0 Å². The minimum atomic E-state index is 0.626. The third-order valence-corrected chi connectivity index (χ3v) is 0.883. The predicted molar refractivity (Wildman–Crippen MR) is 32.4 cm³/mol. The second kappa shape index (κ2) is 4.54. The van der Waals surface area contributed by atoms with Crippen LogP contribution in [0.5, 0.6) is 0 Å². The van der Waals surface area contributed by atoms with Crippen molar-refractivity contribution >= 4 is 6.08 Å². The lowest BCUT2D eigenvalue weighted by atomic mass is 10.1. The standard InChI is InChI=1S/C6H11NO/c1-6(2)3-4-7-5-8/h6H,3-4H2,1-2H3. The van der Waals surface area contributed by atoms with Crippen LogP contribution in [0, 0.1) is 5.92 Å². The summed E-state index contributed by atoms with van der Waals surface area (Å²) in [5.41, 5.74) is 0. The van der Waals surface area contributed by atoms with Gasteiger partial charge >= 0.3 is 0 Å². The second-order valence-electron chi connectivity index (χ2n) is 2.16. The number of isocyanates is 1. The van der Waals surface area contributed by atoms with E-state index in [1.807, 2.05) is 0 Å². The van der Waals surface area contributed by atoms with Crippen molar-refractivity contribution < 1.29 is 4.79 Å². The molecule has 0 N–H and O–H groups in total. The molecule has 0 saturated carbocycles. The molecule has 0 aliphatic heterocycles. The average molecular weight is 113 g/mol. The molecule has 0 radical (unpaired) electrons. The Morgan fingerprint density at radius 2 is 2.25 bits per heavy atom. The summed E-state index contributed by atoms with van der Waals surface area (Å²) in [6.07, 6.45) is 2.48. The van der Waals surface area contributed by atoms with Crippen molar-refractivity contribution in [1.29, 1.82) is 0 Å². The van der Waals surface area contributed by atoms with E-state index in [9.17, 15) is 4.79 Å². The molecular weight excluding hydrogens is 102 g/mol. The van der Waals surface area contributed by atoms with Crippen LogP contribution in [0.25, 0.3) is 0 Å². The molecule has 0 aliphatic carbocycles. The Kier molecular flexibility index (Phi) is 4.19. The fourth-order valence-electron chi connectivity index (χ4n) is 0.368. The molecule has 0 aromatic rings. The highest BCUT2D eigenvalue weighted by Crippen LogP contribution is 1.97. The molecule has 0 atom stereocenters. The van der Waals surface area contributed by atoms with E-state index in [1.54, 1.807) is 0 Å². The Labute approximate surface area is 49.6 Å². The zero-order chi connectivity index (χ0) is 6.41. The lowest BCUT2D eigenvalue weighted by Gasteiger charge is -1.95. The third kappa shape index (κ3) is 5.38. The van der Waals surface area contributed by atoms with Gasteiger partial charge in [-0.3, -0.25) is 0 Å². The van der Waals surface area contributed by atoms with Gasteiger partial charge in [0.25, 0.3) is 0 Å². The van der Waals surface area contributed by atoms with E-state index in [4.69, 9.17) is 0 Å². The summed E-state index contributed by atoms with van der Waals surface area (Å²) >= 11 is 0. The molecule has 0 aromatic heterocycles. The summed E-state index contributed by atoms with van der Waals surface area (Å²) < 4.78 is 0. The molecular formula is C6H11NO. The number of nitrogens with zero attached hydrogens (tertiary/aromatic N) is 1. The van der Waals surface area contributed by atoms with E-state index >= 15 is 0 Å². The Hall–Kier alpha value is -0.620. The van der Waals surface area contributed by atoms with Crippen molar-refractivity contribution in [3.63, 3.8) is 0 Å². The van der Waals surface area contributed by atoms with E-state index in [1.165, 1.54) is 6.08 Å². The van der Waals surface area contributed by atoms with Crippen molar-refractivity contribution in [3.05, 3.63) is 0 Å². The van der Waals surface area contributed by atoms with E-state index in [0.29, 0.717) is 12.5 Å². The Morgan fingerprint density at radius 1 is 1.62 bits per heavy atom. The normalized spacial score (nSPS) is 8.88. The van der Waals surface area contributed by atoms with Crippen LogP contribution in [0.1, 0.15) is 20.3 Å². The van der Waals surface area contributed by atoms with Crippen LogP contribution in [-0.4, -0.2) is 12.6 Å². The van der Waals surface area contributed by atoms with Crippen molar-refractivity contribution in [3.8, 4) is 0 Å². The Balaban J connectivity index is 3.05. The van der Waals surface area contributed by atoms with Gasteiger partial charge in [0.1, 0.15) is 0 Å². The molecule has 0 saturated heterocycles. The van der Waals surface area contributed by atoms with Crippen molar-refractivity contribution in [2.45, 2.75) is 20.3 Å². The van der Waals surface area contributed by atoms with Gasteiger partial charge in [0.15, 0.2) is 0 Å². The van der Waals surface area contributed by atoms with Crippen LogP contribution < -0.4 is 0 Å². The summed E-state index contributed by atoms with van der Waals surface area (Å²) in [6, 6.07) is 0. The van der Waals surface area contributed by atoms with Gasteiger partial charge in [-0.2, -0.15) is 0 Å². The fraction of sp³-hybridized carbons (Fsp3) is 0.833. The maximum atomic E-state index is 9.49. The van der Waals surface area contributed by atoms with Gasteiger partial charge in [0.05, 0.1) is 6.54 Å². The highest BCUT2D eigenvalue weighted by molar-refractivity contribution is 5.32. The molecule has 0 fully saturated rings. The molecule has 2 nitrogen and oxygen atoms in total. The zero-order valence-electron chi connectivity index (χ0n) is 5.35. The molecule has 0 bridgehead atoms. The first-order chi connectivity index (χ1) is 3.77. The third-order valence-electron chi connectivity index (χ3n) is 0.883. The van der Waals surface area contributed by atoms with Crippen LogP contribution in [-0.2, 0) is 4.79 Å². The summed E-state index contributed by atoms with van der Waals surface area (Å²) in [4.78, 5) is 12.9. The summed E-state index contributed by atoms with van der Waals surface area (Å²) in [5.74, 6) is 0.632. The van der Waals surface area contributed by atoms with E-state index in [0.717, 1.165) is 6.42 Å². The molecule has 2 heteroatoms. The highest BCUT2D eigenvalue weighted by atomic mass is 16.1. The van der Waals surface area contributed by atoms with Crippen molar-refractivity contribution in [1.82, 2.24) is 0 Å². The largest absolute Gasteiger partial charge is 0.234 e. The first-order valence-electron chi connectivity index (χ1n) is 2.81. The summed E-state index contributed by atoms with van der Waals surface area (Å²) in [5, 5.41) is 0. The topological polar surface area (TPSA) is 29.4 Å². The zero-order valence-corrected chi connectivity index (χ0v) is 5.35. The quantitative estimate of drug-likeness (QED) is 0.401. The SMILES string of the molecule is CC(C)CCN=C=O. The van der Waals surface area contributed by atoms with Gasteiger partial charge in [0.2, 0.25) is 6.08 Å². The lowest BCUT2D eigenvalue weighted by molar-refractivity contribution is 0.556. The lowest BCUT2D eigenvalue weighted by Crippen LogP contribution is -1.88. The minimum Gasteiger partial charge on any atom is -0.211 e. The van der Waals surface area contributed by atoms with Gasteiger partial charge in [-0.25, -0.2) is 9.79 Å². The fourth-order valence-corrected chi connectivity index (χ4v) is 0.368. The van der Waals surface area contributed by atoms with Gasteiger partial charge in [-0.15, -0.1) is 0 Å². The van der Waals surface area contributed by atoms with Gasteiger partial charge < -0.3 is 0 Å². The van der Waals surface area contributed by atoms with Crippen molar-refractivity contribution in [2.24, 2.45) is 10.9 Å². The first-order valence-corrected chi connectivity index (χ1v) is 2.81. The van der Waals surface area contributed by atoms with Crippen LogP contribution >= 0.6 is 0 Å². The smallest absolute Gasteiger partial charge is 0.211 e. The summed E-state index contributed by atoms with van der Waals surface area (Å²) in [7, 11) is 0. The van der Waals surface area contributed by atoms with Crippen molar-refractivity contribution in [2.75, 3.05) is 6.54 Å². The summed E-state index contributed by atoms with van der Waals surface area (Å²) in [6.45, 7) is 4.82. The monoisotopic (exact) mass is 113 g/mol. The highest BCUT2D eigenvalue weighted by Gasteiger charge is 1.88. The molecule has 46 valence electrons. The second-order valence-corrected chi connectivity index (χ2v) is 2.16. The molecule has 8 heavy (non-hydrogen) atoms. The number of aliphatic imine (C=N–C) groups is 1. The molecule has 0 aliphatic rings. The van der Waals surface area contributed by atoms with E-state index in [-0.39, 0.29) is 0 Å². The predicted octanol–water partition coefficient (Wildman–Crippen LogP) is 1.37. The maximum absolute atomic E-state index is 9.49. The maximum Gasteiger partial charge on any atom is 0.234 e. The van der Waals surface area contributed by atoms with Crippen LogP contribution in [0.4, 0.5) is 0 Å². The minimum absolute atomic E-state index is 0.626. The Morgan fingerprint density at radius 3 is 2.62 bits per heavy atom.